The third-order valence-electron chi connectivity index (χ3n) is 4.19. The quantitative estimate of drug-likeness (QED) is 0.202. The van der Waals surface area contributed by atoms with Gasteiger partial charge in [0.15, 0.2) is 0 Å². The predicted octanol–water partition coefficient (Wildman–Crippen LogP) is 1.54. The molecule has 0 aliphatic carbocycles. The highest BCUT2D eigenvalue weighted by atomic mass is 16.5. The third kappa shape index (κ3) is 3.38. The highest BCUT2D eigenvalue weighted by Gasteiger charge is 2.20. The largest absolute Gasteiger partial charge is 0.457 e. The Morgan fingerprint density at radius 3 is 2.04 bits per heavy atom. The van der Waals surface area contributed by atoms with E-state index >= 15 is 0 Å². The number of rotatable bonds is 5. The van der Waals surface area contributed by atoms with Crippen LogP contribution < -0.4 is 28.7 Å². The molecule has 140 valence electrons. The fourth-order valence-electron chi connectivity index (χ4n) is 2.61. The molecule has 0 aliphatic rings. The molecule has 0 atom stereocenters. The maximum absolute atomic E-state index is 12.7. The number of anilines is 5. The Hall–Kier alpha value is -4.01. The average Bonchev–Trinajstić information content (AvgIpc) is 3.36. The van der Waals surface area contributed by atoms with E-state index in [0.717, 1.165) is 5.69 Å². The van der Waals surface area contributed by atoms with Gasteiger partial charge >= 0.3 is 5.97 Å². The molecule has 9 heteroatoms. The van der Waals surface area contributed by atoms with Crippen LogP contribution >= 0.6 is 0 Å². The molecule has 0 unspecified atom stereocenters. The van der Waals surface area contributed by atoms with Crippen LogP contribution in [0.4, 0.5) is 28.4 Å². The SMILES string of the molecule is Nc1c(N)c(N)c(COC(=O)/C(=C/c2ccc[nH]2)c2ccc[nH]2)c(N)c1N. The second-order valence-electron chi connectivity index (χ2n) is 5.89. The molecule has 0 spiro atoms. The van der Waals surface area contributed by atoms with Crippen LogP contribution in [0.3, 0.4) is 0 Å². The summed E-state index contributed by atoms with van der Waals surface area (Å²) in [6.07, 6.45) is 5.14. The molecule has 1 aromatic carbocycles. The predicted molar refractivity (Wildman–Crippen MR) is 108 cm³/mol. The Morgan fingerprint density at radius 2 is 1.48 bits per heavy atom. The number of carbonyl (C=O) groups excluding carboxylic acids is 1. The zero-order valence-electron chi connectivity index (χ0n) is 14.5. The minimum atomic E-state index is -0.570. The number of hydrogen-bond donors (Lipinski definition) is 7. The average molecular weight is 367 g/mol. The molecule has 0 aliphatic heterocycles. The molecule has 0 saturated carbocycles. The normalized spacial score (nSPS) is 11.5. The molecule has 27 heavy (non-hydrogen) atoms. The number of carbonyl (C=O) groups is 1. The van der Waals surface area contributed by atoms with Gasteiger partial charge in [-0.15, -0.1) is 0 Å². The van der Waals surface area contributed by atoms with Crippen molar-refractivity contribution in [3.63, 3.8) is 0 Å². The number of nitrogens with two attached hydrogens (primary N) is 5. The first kappa shape index (κ1) is 17.8. The van der Waals surface area contributed by atoms with Crippen LogP contribution in [0, 0.1) is 0 Å². The first-order chi connectivity index (χ1) is 12.9. The van der Waals surface area contributed by atoms with Crippen molar-refractivity contribution in [2.24, 2.45) is 0 Å². The molecule has 0 fully saturated rings. The fourth-order valence-corrected chi connectivity index (χ4v) is 2.61. The van der Waals surface area contributed by atoms with Crippen molar-refractivity contribution in [3.05, 3.63) is 53.6 Å². The number of ether oxygens (including phenoxy) is 1. The second-order valence-corrected chi connectivity index (χ2v) is 5.89. The van der Waals surface area contributed by atoms with Gasteiger partial charge in [-0.2, -0.15) is 0 Å². The van der Waals surface area contributed by atoms with E-state index in [2.05, 4.69) is 9.97 Å². The summed E-state index contributed by atoms with van der Waals surface area (Å²) in [5.74, 6) is -0.570. The summed E-state index contributed by atoms with van der Waals surface area (Å²) >= 11 is 0. The second kappa shape index (κ2) is 7.08. The zero-order valence-corrected chi connectivity index (χ0v) is 14.5. The lowest BCUT2D eigenvalue weighted by molar-refractivity contribution is -0.137. The van der Waals surface area contributed by atoms with Crippen molar-refractivity contribution in [3.8, 4) is 0 Å². The summed E-state index contributed by atoms with van der Waals surface area (Å²) in [6, 6.07) is 7.19. The van der Waals surface area contributed by atoms with Crippen molar-refractivity contribution in [2.45, 2.75) is 6.61 Å². The first-order valence-electron chi connectivity index (χ1n) is 8.06. The van der Waals surface area contributed by atoms with Gasteiger partial charge in [0.2, 0.25) is 0 Å². The Bertz CT molecular complexity index is 960. The summed E-state index contributed by atoms with van der Waals surface area (Å²) < 4.78 is 5.42. The van der Waals surface area contributed by atoms with Crippen molar-refractivity contribution < 1.29 is 9.53 Å². The first-order valence-corrected chi connectivity index (χ1v) is 8.06. The van der Waals surface area contributed by atoms with Gasteiger partial charge in [0.1, 0.15) is 6.61 Å². The van der Waals surface area contributed by atoms with Crippen LogP contribution in [0.2, 0.25) is 0 Å². The lowest BCUT2D eigenvalue weighted by Gasteiger charge is -2.17. The van der Waals surface area contributed by atoms with Crippen molar-refractivity contribution >= 4 is 46.1 Å². The van der Waals surface area contributed by atoms with Gasteiger partial charge < -0.3 is 43.4 Å². The summed E-state index contributed by atoms with van der Waals surface area (Å²) in [4.78, 5) is 18.7. The number of hydrogen-bond acceptors (Lipinski definition) is 7. The summed E-state index contributed by atoms with van der Waals surface area (Å²) in [5.41, 5.74) is 32.0. The maximum atomic E-state index is 12.7. The number of benzene rings is 1. The number of H-pyrrole nitrogens is 2. The van der Waals surface area contributed by atoms with Gasteiger partial charge in [-0.3, -0.25) is 0 Å². The van der Waals surface area contributed by atoms with Gasteiger partial charge in [0.05, 0.1) is 39.7 Å². The number of aromatic amines is 2. The molecular weight excluding hydrogens is 346 g/mol. The van der Waals surface area contributed by atoms with Crippen molar-refractivity contribution in [1.82, 2.24) is 9.97 Å². The van der Waals surface area contributed by atoms with Crippen LogP contribution in [0.5, 0.6) is 0 Å². The number of esters is 1. The number of aromatic nitrogens is 2. The number of nitrogen functional groups attached to an aromatic ring is 5. The van der Waals surface area contributed by atoms with E-state index in [1.807, 2.05) is 12.1 Å². The Kier molecular flexibility index (Phi) is 4.67. The molecule has 0 amide bonds. The molecule has 9 nitrogen and oxygen atoms in total. The molecule has 3 rings (SSSR count). The van der Waals surface area contributed by atoms with Gasteiger partial charge in [0, 0.05) is 23.7 Å². The van der Waals surface area contributed by atoms with Gasteiger partial charge in [-0.25, -0.2) is 4.79 Å². The van der Waals surface area contributed by atoms with Crippen LogP contribution in [-0.4, -0.2) is 15.9 Å². The molecule has 0 saturated heterocycles. The Morgan fingerprint density at radius 1 is 0.889 bits per heavy atom. The molecule has 12 N–H and O–H groups in total. The van der Waals surface area contributed by atoms with E-state index in [4.69, 9.17) is 33.4 Å². The lowest BCUT2D eigenvalue weighted by Crippen LogP contribution is -2.14. The van der Waals surface area contributed by atoms with E-state index in [1.165, 1.54) is 0 Å². The highest BCUT2D eigenvalue weighted by molar-refractivity contribution is 6.20. The Labute approximate surface area is 155 Å². The van der Waals surface area contributed by atoms with E-state index < -0.39 is 5.97 Å². The van der Waals surface area contributed by atoms with Crippen LogP contribution in [0.25, 0.3) is 11.6 Å². The molecular formula is C18H21N7O2. The standard InChI is InChI=1S/C18H21N7O2/c19-13-11(14(20)16(22)17(23)15(13)21)8-27-18(26)10(12-4-2-6-25-12)7-9-3-1-5-24-9/h1-7,24-25H,8,19-23H2/b10-7+. The van der Waals surface area contributed by atoms with Crippen molar-refractivity contribution in [2.75, 3.05) is 28.7 Å². The van der Waals surface area contributed by atoms with Crippen LogP contribution in [-0.2, 0) is 16.1 Å². The Balaban J connectivity index is 1.88. The summed E-state index contributed by atoms with van der Waals surface area (Å²) in [7, 11) is 0. The maximum Gasteiger partial charge on any atom is 0.340 e. The summed E-state index contributed by atoms with van der Waals surface area (Å²) in [5, 5.41) is 0. The molecule has 2 aromatic heterocycles. The van der Waals surface area contributed by atoms with Gasteiger partial charge in [0.25, 0.3) is 0 Å². The minimum absolute atomic E-state index is 0.110. The van der Waals surface area contributed by atoms with E-state index in [1.54, 1.807) is 30.6 Å². The molecule has 3 aromatic rings. The number of nitrogens with one attached hydrogen (secondary N) is 2. The van der Waals surface area contributed by atoms with E-state index in [-0.39, 0.29) is 35.0 Å². The minimum Gasteiger partial charge on any atom is -0.457 e. The van der Waals surface area contributed by atoms with E-state index in [0.29, 0.717) is 16.8 Å². The fraction of sp³-hybridized carbons (Fsp3) is 0.0556. The zero-order chi connectivity index (χ0) is 19.6. The van der Waals surface area contributed by atoms with Crippen LogP contribution in [0.1, 0.15) is 17.0 Å². The lowest BCUT2D eigenvalue weighted by atomic mass is 10.1. The topological polar surface area (TPSA) is 188 Å². The van der Waals surface area contributed by atoms with Gasteiger partial charge in [-0.1, -0.05) is 0 Å². The molecule has 2 heterocycles. The van der Waals surface area contributed by atoms with E-state index in [9.17, 15) is 4.79 Å². The van der Waals surface area contributed by atoms with Crippen LogP contribution in [0.15, 0.2) is 36.7 Å². The van der Waals surface area contributed by atoms with Gasteiger partial charge in [-0.05, 0) is 30.3 Å². The molecule has 0 radical (unpaired) electrons. The summed E-state index contributed by atoms with van der Waals surface area (Å²) in [6.45, 7) is -0.200. The highest BCUT2D eigenvalue weighted by Crippen LogP contribution is 2.38. The third-order valence-corrected chi connectivity index (χ3v) is 4.19. The molecule has 0 bridgehead atoms. The monoisotopic (exact) mass is 367 g/mol. The smallest absolute Gasteiger partial charge is 0.340 e. The van der Waals surface area contributed by atoms with Crippen molar-refractivity contribution in [1.29, 1.82) is 0 Å².